The van der Waals surface area contributed by atoms with Gasteiger partial charge in [0.15, 0.2) is 9.84 Å². The highest BCUT2D eigenvalue weighted by Crippen LogP contribution is 2.31. The molecule has 0 saturated carbocycles. The fraction of sp³-hybridized carbons (Fsp3) is 0.364. The van der Waals surface area contributed by atoms with E-state index in [0.717, 1.165) is 0 Å². The van der Waals surface area contributed by atoms with Crippen LogP contribution in [0.3, 0.4) is 0 Å². The zero-order valence-corrected chi connectivity index (χ0v) is 12.4. The van der Waals surface area contributed by atoms with E-state index in [1.54, 1.807) is 26.0 Å². The zero-order valence-electron chi connectivity index (χ0n) is 10.1. The number of imidazole rings is 1. The average Bonchev–Trinajstić information content (AvgIpc) is 2.60. The molecule has 0 aliphatic carbocycles. The molecular formula is C11H12Cl2N2O2S. The van der Waals surface area contributed by atoms with Crippen LogP contribution < -0.4 is 0 Å². The Morgan fingerprint density at radius 2 is 1.78 bits per heavy atom. The summed E-state index contributed by atoms with van der Waals surface area (Å²) in [6.07, 6.45) is 1.18. The molecule has 7 heteroatoms. The maximum Gasteiger partial charge on any atom is 0.159 e. The molecule has 1 heterocycles. The van der Waals surface area contributed by atoms with Gasteiger partial charge in [0.25, 0.3) is 0 Å². The number of rotatable bonds is 2. The molecule has 1 N–H and O–H groups in total. The van der Waals surface area contributed by atoms with Crippen molar-refractivity contribution in [2.45, 2.75) is 18.6 Å². The van der Waals surface area contributed by atoms with Crippen LogP contribution in [0.5, 0.6) is 0 Å². The Morgan fingerprint density at radius 3 is 2.33 bits per heavy atom. The van der Waals surface area contributed by atoms with E-state index in [2.05, 4.69) is 9.97 Å². The Hall–Kier alpha value is -0.780. The first-order valence-corrected chi connectivity index (χ1v) is 7.82. The number of hydrogen-bond donors (Lipinski definition) is 1. The summed E-state index contributed by atoms with van der Waals surface area (Å²) in [5.74, 6) is 0.373. The number of H-pyrrole nitrogens is 1. The molecule has 18 heavy (non-hydrogen) atoms. The lowest BCUT2D eigenvalue weighted by atomic mass is 10.2. The van der Waals surface area contributed by atoms with Crippen molar-refractivity contribution in [2.24, 2.45) is 0 Å². The van der Waals surface area contributed by atoms with Gasteiger partial charge in [0.05, 0.1) is 21.1 Å². The van der Waals surface area contributed by atoms with Crippen molar-refractivity contribution in [1.82, 2.24) is 9.97 Å². The lowest BCUT2D eigenvalue weighted by Crippen LogP contribution is -2.29. The van der Waals surface area contributed by atoms with E-state index in [1.807, 2.05) is 0 Å². The first-order valence-electron chi connectivity index (χ1n) is 5.18. The normalized spacial score (nSPS) is 13.2. The predicted octanol–water partition coefficient (Wildman–Crippen LogP) is 3.15. The summed E-state index contributed by atoms with van der Waals surface area (Å²) in [5, 5.41) is 0.788. The van der Waals surface area contributed by atoms with Gasteiger partial charge in [0, 0.05) is 6.26 Å². The summed E-state index contributed by atoms with van der Waals surface area (Å²) in [6, 6.07) is 3.24. The minimum absolute atomic E-state index is 0.373. The van der Waals surface area contributed by atoms with Crippen molar-refractivity contribution in [3.8, 4) is 0 Å². The number of nitrogens with one attached hydrogen (secondary N) is 1. The van der Waals surface area contributed by atoms with Crippen molar-refractivity contribution >= 4 is 44.1 Å². The zero-order chi connectivity index (χ0) is 13.7. The van der Waals surface area contributed by atoms with Crippen LogP contribution in [0.2, 0.25) is 10.0 Å². The van der Waals surface area contributed by atoms with Gasteiger partial charge in [0.2, 0.25) is 0 Å². The van der Waals surface area contributed by atoms with E-state index in [4.69, 9.17) is 23.2 Å². The molecule has 0 amide bonds. The van der Waals surface area contributed by atoms with Crippen LogP contribution in [0, 0.1) is 0 Å². The van der Waals surface area contributed by atoms with E-state index in [-0.39, 0.29) is 0 Å². The molecule has 0 bridgehead atoms. The molecule has 98 valence electrons. The largest absolute Gasteiger partial charge is 0.341 e. The highest BCUT2D eigenvalue weighted by atomic mass is 35.5. The Kier molecular flexibility index (Phi) is 3.12. The standard InChI is InChI=1S/C11H12Cl2N2O2S/c1-11(2,18(3,16)17)10-14-8-4-6(12)7(13)5-9(8)15-10/h4-5H,1-3H3,(H,14,15). The van der Waals surface area contributed by atoms with Gasteiger partial charge in [-0.1, -0.05) is 23.2 Å². The molecule has 0 unspecified atom stereocenters. The van der Waals surface area contributed by atoms with Crippen LogP contribution in [0.25, 0.3) is 11.0 Å². The first-order chi connectivity index (χ1) is 8.13. The van der Waals surface area contributed by atoms with Gasteiger partial charge in [-0.15, -0.1) is 0 Å². The second kappa shape index (κ2) is 4.11. The molecule has 2 rings (SSSR count). The Labute approximate surface area is 115 Å². The third-order valence-electron chi connectivity index (χ3n) is 3.02. The second-order valence-electron chi connectivity index (χ2n) is 4.65. The number of benzene rings is 1. The van der Waals surface area contributed by atoms with Crippen molar-refractivity contribution in [2.75, 3.05) is 6.26 Å². The topological polar surface area (TPSA) is 62.8 Å². The summed E-state index contributed by atoms with van der Waals surface area (Å²) in [4.78, 5) is 7.25. The summed E-state index contributed by atoms with van der Waals surface area (Å²) < 4.78 is 22.4. The molecule has 0 spiro atoms. The summed E-state index contributed by atoms with van der Waals surface area (Å²) in [6.45, 7) is 3.20. The number of sulfone groups is 1. The van der Waals surface area contributed by atoms with Crippen LogP contribution in [-0.4, -0.2) is 24.6 Å². The van der Waals surface area contributed by atoms with Gasteiger partial charge >= 0.3 is 0 Å². The van der Waals surface area contributed by atoms with Crippen LogP contribution in [0.4, 0.5) is 0 Å². The lowest BCUT2D eigenvalue weighted by Gasteiger charge is -2.19. The number of aromatic amines is 1. The predicted molar refractivity (Wildman–Crippen MR) is 74.0 cm³/mol. The van der Waals surface area contributed by atoms with Crippen LogP contribution >= 0.6 is 23.2 Å². The summed E-state index contributed by atoms with van der Waals surface area (Å²) >= 11 is 11.8. The maximum atomic E-state index is 11.8. The Bertz CT molecular complexity index is 681. The minimum atomic E-state index is -3.28. The van der Waals surface area contributed by atoms with Gasteiger partial charge < -0.3 is 4.98 Å². The van der Waals surface area contributed by atoms with Gasteiger partial charge in [0.1, 0.15) is 10.6 Å². The van der Waals surface area contributed by atoms with Gasteiger partial charge in [-0.2, -0.15) is 0 Å². The van der Waals surface area contributed by atoms with Crippen LogP contribution in [0.1, 0.15) is 19.7 Å². The molecular weight excluding hydrogens is 295 g/mol. The van der Waals surface area contributed by atoms with Gasteiger partial charge in [-0.05, 0) is 26.0 Å². The van der Waals surface area contributed by atoms with E-state index in [0.29, 0.717) is 26.9 Å². The molecule has 1 aromatic carbocycles. The number of nitrogens with zero attached hydrogens (tertiary/aromatic N) is 1. The quantitative estimate of drug-likeness (QED) is 0.927. The van der Waals surface area contributed by atoms with Crippen LogP contribution in [-0.2, 0) is 14.6 Å². The molecule has 0 radical (unpaired) electrons. The average molecular weight is 307 g/mol. The van der Waals surface area contributed by atoms with Crippen molar-refractivity contribution in [3.05, 3.63) is 28.0 Å². The SMILES string of the molecule is CC(C)(c1nc2cc(Cl)c(Cl)cc2[nH]1)S(C)(=O)=O. The van der Waals surface area contributed by atoms with E-state index in [9.17, 15) is 8.42 Å². The second-order valence-corrected chi connectivity index (χ2v) is 8.03. The lowest BCUT2D eigenvalue weighted by molar-refractivity contribution is 0.553. The van der Waals surface area contributed by atoms with Crippen molar-refractivity contribution < 1.29 is 8.42 Å². The van der Waals surface area contributed by atoms with Crippen molar-refractivity contribution in [1.29, 1.82) is 0 Å². The van der Waals surface area contributed by atoms with E-state index < -0.39 is 14.6 Å². The molecule has 0 fully saturated rings. The highest BCUT2D eigenvalue weighted by Gasteiger charge is 2.35. The van der Waals surface area contributed by atoms with Gasteiger partial charge in [-0.3, -0.25) is 0 Å². The fourth-order valence-electron chi connectivity index (χ4n) is 1.47. The monoisotopic (exact) mass is 306 g/mol. The summed E-state index contributed by atoms with van der Waals surface area (Å²) in [5.41, 5.74) is 1.26. The Morgan fingerprint density at radius 1 is 1.22 bits per heavy atom. The molecule has 2 aromatic rings. The molecule has 0 aliphatic heterocycles. The van der Waals surface area contributed by atoms with Crippen molar-refractivity contribution in [3.63, 3.8) is 0 Å². The number of aromatic nitrogens is 2. The first kappa shape index (κ1) is 13.6. The molecule has 1 aromatic heterocycles. The third-order valence-corrected chi connectivity index (χ3v) is 5.79. The maximum absolute atomic E-state index is 11.8. The highest BCUT2D eigenvalue weighted by molar-refractivity contribution is 7.91. The fourth-order valence-corrected chi connectivity index (χ4v) is 2.24. The molecule has 0 saturated heterocycles. The number of fused-ring (bicyclic) bond motifs is 1. The Balaban J connectivity index is 2.68. The third kappa shape index (κ3) is 2.11. The van der Waals surface area contributed by atoms with E-state index in [1.165, 1.54) is 6.26 Å². The molecule has 0 atom stereocenters. The molecule has 4 nitrogen and oxygen atoms in total. The van der Waals surface area contributed by atoms with Crippen LogP contribution in [0.15, 0.2) is 12.1 Å². The molecule has 0 aliphatic rings. The number of halogens is 2. The summed E-state index contributed by atoms with van der Waals surface area (Å²) in [7, 11) is -3.28. The van der Waals surface area contributed by atoms with E-state index >= 15 is 0 Å². The smallest absolute Gasteiger partial charge is 0.159 e. The minimum Gasteiger partial charge on any atom is -0.341 e. The number of hydrogen-bond acceptors (Lipinski definition) is 3. The van der Waals surface area contributed by atoms with Gasteiger partial charge in [-0.25, -0.2) is 13.4 Å².